The zero-order chi connectivity index (χ0) is 27.9. The maximum atomic E-state index is 16.8. The minimum atomic E-state index is -0.794. The summed E-state index contributed by atoms with van der Waals surface area (Å²) in [6, 6.07) is 4.19. The highest BCUT2D eigenvalue weighted by Crippen LogP contribution is 2.46. The van der Waals surface area contributed by atoms with Crippen LogP contribution in [0.15, 0.2) is 16.9 Å². The quantitative estimate of drug-likeness (QED) is 0.365. The van der Waals surface area contributed by atoms with Gasteiger partial charge in [-0.25, -0.2) is 8.78 Å². The lowest BCUT2D eigenvalue weighted by Crippen LogP contribution is -2.60. The predicted molar refractivity (Wildman–Crippen MR) is 145 cm³/mol. The Kier molecular flexibility index (Phi) is 5.31. The number of nitrogens with zero attached hydrogens (tertiary/aromatic N) is 6. The number of amides is 1. The van der Waals surface area contributed by atoms with Crippen LogP contribution in [-0.4, -0.2) is 58.1 Å². The Hall–Kier alpha value is -4.31. The Morgan fingerprint density at radius 3 is 2.65 bits per heavy atom. The van der Waals surface area contributed by atoms with Crippen LogP contribution in [0.3, 0.4) is 0 Å². The van der Waals surface area contributed by atoms with Crippen LogP contribution in [0.1, 0.15) is 37.3 Å². The maximum absolute atomic E-state index is 16.8. The third kappa shape index (κ3) is 3.28. The number of ether oxygens (including phenoxy) is 1. The molecule has 4 aromatic rings. The van der Waals surface area contributed by atoms with E-state index in [4.69, 9.17) is 10.5 Å². The highest BCUT2D eigenvalue weighted by atomic mass is 32.1. The fourth-order valence-electron chi connectivity index (χ4n) is 6.17. The molecule has 1 amide bonds. The number of hydrogen-bond acceptors (Lipinski definition) is 9. The second-order valence-electron chi connectivity index (χ2n) is 10.5. The van der Waals surface area contributed by atoms with Crippen LogP contribution in [0.4, 0.5) is 19.6 Å². The molecule has 5 heterocycles. The Balaban J connectivity index is 1.52. The summed E-state index contributed by atoms with van der Waals surface area (Å²) in [6.45, 7) is 1.64. The molecule has 3 aliphatic rings. The van der Waals surface area contributed by atoms with E-state index in [0.717, 1.165) is 24.2 Å². The number of thiophene rings is 1. The van der Waals surface area contributed by atoms with Gasteiger partial charge in [-0.3, -0.25) is 9.59 Å². The molecular weight excluding hydrogens is 540 g/mol. The lowest BCUT2D eigenvalue weighted by atomic mass is 9.84. The first-order valence-electron chi connectivity index (χ1n) is 12.9. The van der Waals surface area contributed by atoms with Gasteiger partial charge in [0.1, 0.15) is 33.6 Å². The number of carbonyl (C=O) groups excluding carboxylic acids is 1. The largest absolute Gasteiger partial charge is 0.467 e. The molecule has 2 aliphatic heterocycles. The normalized spacial score (nSPS) is 20.4. The van der Waals surface area contributed by atoms with Gasteiger partial charge in [0.05, 0.1) is 28.6 Å². The van der Waals surface area contributed by atoms with E-state index in [2.05, 4.69) is 9.97 Å². The number of methoxy groups -OCH3 is 1. The summed E-state index contributed by atoms with van der Waals surface area (Å²) in [7, 11) is 1.36. The zero-order valence-corrected chi connectivity index (χ0v) is 22.2. The van der Waals surface area contributed by atoms with E-state index in [1.54, 1.807) is 4.90 Å². The SMILES string of the molecule is COc1nc(N2CCC3(CCN3C=O)C2)c2c(=O)n(C3CC3)c(-c3ccc(F)c4sc(N)c(C#N)c34)c(F)c2n1. The number of nitrogen functional groups attached to an aromatic ring is 1. The van der Waals surface area contributed by atoms with Crippen LogP contribution >= 0.6 is 11.3 Å². The summed E-state index contributed by atoms with van der Waals surface area (Å²) >= 11 is 0.906. The maximum Gasteiger partial charge on any atom is 0.318 e. The summed E-state index contributed by atoms with van der Waals surface area (Å²) in [5.74, 6) is -1.13. The first kappa shape index (κ1) is 24.7. The lowest BCUT2D eigenvalue weighted by Gasteiger charge is -2.48. The highest BCUT2D eigenvalue weighted by molar-refractivity contribution is 7.23. The summed E-state index contributed by atoms with van der Waals surface area (Å²) in [5, 5.41) is 10.1. The van der Waals surface area contributed by atoms with Crippen molar-refractivity contribution in [2.75, 3.05) is 37.4 Å². The third-order valence-electron chi connectivity index (χ3n) is 8.42. The summed E-state index contributed by atoms with van der Waals surface area (Å²) in [6.07, 6.45) is 3.69. The molecule has 1 aromatic carbocycles. The molecule has 3 fully saturated rings. The van der Waals surface area contributed by atoms with E-state index >= 15 is 4.39 Å². The fourth-order valence-corrected chi connectivity index (χ4v) is 7.12. The monoisotopic (exact) mass is 563 g/mol. The molecule has 40 heavy (non-hydrogen) atoms. The Labute approximate surface area is 230 Å². The molecule has 1 saturated carbocycles. The number of carbonyl (C=O) groups is 1. The van der Waals surface area contributed by atoms with Crippen LogP contribution in [-0.2, 0) is 4.79 Å². The van der Waals surface area contributed by atoms with Crippen molar-refractivity contribution < 1.29 is 18.3 Å². The van der Waals surface area contributed by atoms with Crippen molar-refractivity contribution in [2.45, 2.75) is 37.3 Å². The van der Waals surface area contributed by atoms with E-state index in [-0.39, 0.29) is 66.2 Å². The van der Waals surface area contributed by atoms with E-state index in [0.29, 0.717) is 38.9 Å². The van der Waals surface area contributed by atoms with Crippen LogP contribution in [0.2, 0.25) is 0 Å². The number of fused-ring (bicyclic) bond motifs is 2. The lowest BCUT2D eigenvalue weighted by molar-refractivity contribution is -0.131. The van der Waals surface area contributed by atoms with Gasteiger partial charge in [-0.05, 0) is 37.8 Å². The van der Waals surface area contributed by atoms with Crippen molar-refractivity contribution in [3.8, 4) is 23.3 Å². The van der Waals surface area contributed by atoms with Crippen molar-refractivity contribution in [2.24, 2.45) is 0 Å². The highest BCUT2D eigenvalue weighted by Gasteiger charge is 2.49. The number of halogens is 2. The fraction of sp³-hybridized carbons (Fsp3) is 0.370. The predicted octanol–water partition coefficient (Wildman–Crippen LogP) is 3.56. The molecule has 1 atom stereocenters. The minimum absolute atomic E-state index is 0.0201. The van der Waals surface area contributed by atoms with Crippen LogP contribution in [0, 0.1) is 23.0 Å². The van der Waals surface area contributed by atoms with Crippen molar-refractivity contribution in [3.63, 3.8) is 0 Å². The number of nitrogens with two attached hydrogens (primary N) is 1. The number of rotatable bonds is 5. The van der Waals surface area contributed by atoms with Gasteiger partial charge >= 0.3 is 6.01 Å². The van der Waals surface area contributed by atoms with E-state index in [1.165, 1.54) is 23.8 Å². The van der Waals surface area contributed by atoms with Crippen LogP contribution in [0.25, 0.3) is 32.2 Å². The smallest absolute Gasteiger partial charge is 0.318 e. The van der Waals surface area contributed by atoms with Crippen molar-refractivity contribution >= 4 is 49.6 Å². The first-order valence-corrected chi connectivity index (χ1v) is 13.7. The molecule has 7 rings (SSSR count). The van der Waals surface area contributed by atoms with Crippen molar-refractivity contribution in [1.82, 2.24) is 19.4 Å². The molecule has 10 nitrogen and oxygen atoms in total. The van der Waals surface area contributed by atoms with E-state index in [1.807, 2.05) is 11.0 Å². The molecule has 0 radical (unpaired) electrons. The number of anilines is 2. The number of likely N-dealkylation sites (tertiary alicyclic amines) is 1. The number of aromatic nitrogens is 3. The zero-order valence-electron chi connectivity index (χ0n) is 21.4. The number of benzene rings is 1. The second kappa shape index (κ2) is 8.59. The Bertz CT molecular complexity index is 1860. The minimum Gasteiger partial charge on any atom is -0.467 e. The molecule has 2 saturated heterocycles. The molecule has 1 unspecified atom stereocenters. The summed E-state index contributed by atoms with van der Waals surface area (Å²) < 4.78 is 38.4. The molecule has 0 bridgehead atoms. The number of hydrogen-bond donors (Lipinski definition) is 1. The first-order chi connectivity index (χ1) is 19.3. The van der Waals surface area contributed by atoms with Crippen molar-refractivity contribution in [3.05, 3.63) is 39.7 Å². The average molecular weight is 564 g/mol. The van der Waals surface area contributed by atoms with Gasteiger partial charge in [0.2, 0.25) is 6.41 Å². The van der Waals surface area contributed by atoms with Gasteiger partial charge in [0.15, 0.2) is 5.82 Å². The van der Waals surface area contributed by atoms with Gasteiger partial charge in [-0.15, -0.1) is 11.3 Å². The third-order valence-corrected chi connectivity index (χ3v) is 9.45. The summed E-state index contributed by atoms with van der Waals surface area (Å²) in [4.78, 5) is 38.3. The molecule has 13 heteroatoms. The molecule has 1 spiro atoms. The van der Waals surface area contributed by atoms with E-state index in [9.17, 15) is 19.2 Å². The topological polar surface area (TPSA) is 130 Å². The number of nitriles is 1. The van der Waals surface area contributed by atoms with Gasteiger partial charge < -0.3 is 24.8 Å². The van der Waals surface area contributed by atoms with Gasteiger partial charge in [-0.1, -0.05) is 0 Å². The number of pyridine rings is 1. The Morgan fingerprint density at radius 2 is 2.00 bits per heavy atom. The molecule has 204 valence electrons. The van der Waals surface area contributed by atoms with Crippen LogP contribution in [0.5, 0.6) is 6.01 Å². The van der Waals surface area contributed by atoms with Crippen molar-refractivity contribution in [1.29, 1.82) is 5.26 Å². The molecule has 3 aromatic heterocycles. The van der Waals surface area contributed by atoms with E-state index < -0.39 is 17.2 Å². The van der Waals surface area contributed by atoms with Crippen LogP contribution < -0.4 is 20.9 Å². The average Bonchev–Trinajstić information content (AvgIpc) is 3.56. The van der Waals surface area contributed by atoms with Gasteiger partial charge in [0.25, 0.3) is 5.56 Å². The molecule has 1 aliphatic carbocycles. The molecular formula is C27H23F2N7O3S. The second-order valence-corrected chi connectivity index (χ2v) is 11.6. The summed E-state index contributed by atoms with van der Waals surface area (Å²) in [5.41, 5.74) is 5.15. The van der Waals surface area contributed by atoms with Gasteiger partial charge in [-0.2, -0.15) is 15.2 Å². The molecule has 2 N–H and O–H groups in total. The Morgan fingerprint density at radius 1 is 1.23 bits per heavy atom. The standard InChI is InChI=1S/C27H23F2N7O3S/c1-39-26-32-20-18(24(33-26)34-8-6-27(11-34)7-9-35(27)12-37)25(38)36(13-2-3-13)21(19(20)29)14-4-5-16(28)22-17(14)15(10-30)23(31)40-22/h4-5,12-13H,2-3,6-9,11,31H2,1H3. The van der Waals surface area contributed by atoms with Gasteiger partial charge in [0, 0.05) is 36.6 Å².